The van der Waals surface area contributed by atoms with Gasteiger partial charge >= 0.3 is 0 Å². The maximum absolute atomic E-state index is 12.2. The summed E-state index contributed by atoms with van der Waals surface area (Å²) in [4.78, 5) is 35.9. The molecule has 24 heavy (non-hydrogen) atoms. The van der Waals surface area contributed by atoms with E-state index in [1.165, 1.54) is 0 Å². The van der Waals surface area contributed by atoms with Crippen LogP contribution in [0, 0.1) is 11.3 Å². The number of nitrogens with one attached hydrogen (secondary N) is 3. The van der Waals surface area contributed by atoms with E-state index in [0.717, 1.165) is 12.8 Å². The summed E-state index contributed by atoms with van der Waals surface area (Å²) in [6.07, 6.45) is 1.88. The zero-order valence-corrected chi connectivity index (χ0v) is 14.6. The number of benzene rings is 1. The normalized spacial score (nSPS) is 15.3. The van der Waals surface area contributed by atoms with Gasteiger partial charge in [-0.15, -0.1) is 0 Å². The molecule has 1 saturated carbocycles. The molecule has 1 atom stereocenters. The van der Waals surface area contributed by atoms with Crippen molar-refractivity contribution >= 4 is 29.1 Å². The van der Waals surface area contributed by atoms with E-state index in [0.29, 0.717) is 11.4 Å². The summed E-state index contributed by atoms with van der Waals surface area (Å²) in [7, 11) is 0. The molecule has 1 aliphatic rings. The van der Waals surface area contributed by atoms with Crippen LogP contribution in [0.4, 0.5) is 11.4 Å². The van der Waals surface area contributed by atoms with Gasteiger partial charge in [0, 0.05) is 22.7 Å². The van der Waals surface area contributed by atoms with E-state index in [9.17, 15) is 14.4 Å². The number of hydrogen-bond donors (Lipinski definition) is 3. The fraction of sp³-hybridized carbons (Fsp3) is 0.500. The standard InChI is InChI=1S/C18H25N3O3/c1-11(19-17(24)18(2,3)4)15(22)20-13-6-5-7-14(10-13)21-16(23)12-8-9-12/h5-7,10-12H,8-9H2,1-4H3,(H,19,24)(H,20,22)(H,21,23). The molecule has 0 spiro atoms. The predicted octanol–water partition coefficient (Wildman–Crippen LogP) is 2.52. The van der Waals surface area contributed by atoms with Gasteiger partial charge in [-0.1, -0.05) is 26.8 Å². The Bertz CT molecular complexity index is 645. The van der Waals surface area contributed by atoms with Crippen molar-refractivity contribution in [2.45, 2.75) is 46.6 Å². The van der Waals surface area contributed by atoms with E-state index in [1.54, 1.807) is 52.0 Å². The van der Waals surface area contributed by atoms with E-state index in [4.69, 9.17) is 0 Å². The highest BCUT2D eigenvalue weighted by Gasteiger charge is 2.29. The maximum atomic E-state index is 12.2. The number of hydrogen-bond acceptors (Lipinski definition) is 3. The molecule has 2 rings (SSSR count). The average Bonchev–Trinajstić information content (AvgIpc) is 3.31. The molecule has 6 nitrogen and oxygen atoms in total. The number of carbonyl (C=O) groups is 3. The molecular weight excluding hydrogens is 306 g/mol. The van der Waals surface area contributed by atoms with E-state index >= 15 is 0 Å². The van der Waals surface area contributed by atoms with Crippen LogP contribution in [0.25, 0.3) is 0 Å². The first-order valence-corrected chi connectivity index (χ1v) is 8.19. The summed E-state index contributed by atoms with van der Waals surface area (Å²) in [6.45, 7) is 7.01. The minimum absolute atomic E-state index is 0.0179. The topological polar surface area (TPSA) is 87.3 Å². The third-order valence-electron chi connectivity index (χ3n) is 3.77. The Hall–Kier alpha value is -2.37. The Morgan fingerprint density at radius 2 is 1.67 bits per heavy atom. The molecule has 3 amide bonds. The van der Waals surface area contributed by atoms with Crippen molar-refractivity contribution in [3.63, 3.8) is 0 Å². The summed E-state index contributed by atoms with van der Waals surface area (Å²) < 4.78 is 0. The van der Waals surface area contributed by atoms with Gasteiger partial charge in [-0.05, 0) is 38.0 Å². The van der Waals surface area contributed by atoms with Gasteiger partial charge in [0.15, 0.2) is 0 Å². The average molecular weight is 331 g/mol. The molecule has 0 saturated heterocycles. The van der Waals surface area contributed by atoms with Gasteiger partial charge in [-0.25, -0.2) is 0 Å². The molecule has 1 aromatic carbocycles. The third kappa shape index (κ3) is 5.08. The van der Waals surface area contributed by atoms with E-state index < -0.39 is 11.5 Å². The van der Waals surface area contributed by atoms with Gasteiger partial charge in [-0.3, -0.25) is 14.4 Å². The van der Waals surface area contributed by atoms with Gasteiger partial charge in [0.2, 0.25) is 17.7 Å². The fourth-order valence-electron chi connectivity index (χ4n) is 1.99. The third-order valence-corrected chi connectivity index (χ3v) is 3.77. The monoisotopic (exact) mass is 331 g/mol. The summed E-state index contributed by atoms with van der Waals surface area (Å²) >= 11 is 0. The molecule has 1 aliphatic carbocycles. The lowest BCUT2D eigenvalue weighted by atomic mass is 9.95. The van der Waals surface area contributed by atoms with Crippen LogP contribution in [0.2, 0.25) is 0 Å². The predicted molar refractivity (Wildman–Crippen MR) is 93.5 cm³/mol. The minimum atomic E-state index is -0.651. The quantitative estimate of drug-likeness (QED) is 0.775. The molecule has 1 fully saturated rings. The van der Waals surface area contributed by atoms with Crippen LogP contribution >= 0.6 is 0 Å². The van der Waals surface area contributed by atoms with Crippen LogP contribution in [-0.4, -0.2) is 23.8 Å². The summed E-state index contributed by atoms with van der Waals surface area (Å²) in [5.74, 6) is -0.353. The maximum Gasteiger partial charge on any atom is 0.246 e. The summed E-state index contributed by atoms with van der Waals surface area (Å²) in [6, 6.07) is 6.33. The summed E-state index contributed by atoms with van der Waals surface area (Å²) in [5.41, 5.74) is 0.670. The van der Waals surface area contributed by atoms with Crippen molar-refractivity contribution in [1.82, 2.24) is 5.32 Å². The first kappa shape index (κ1) is 18.0. The number of rotatable bonds is 5. The van der Waals surface area contributed by atoms with Crippen LogP contribution < -0.4 is 16.0 Å². The highest BCUT2D eigenvalue weighted by atomic mass is 16.2. The highest BCUT2D eigenvalue weighted by Crippen LogP contribution is 2.30. The van der Waals surface area contributed by atoms with Crippen molar-refractivity contribution in [2.24, 2.45) is 11.3 Å². The molecule has 0 bridgehead atoms. The molecule has 130 valence electrons. The van der Waals surface area contributed by atoms with Gasteiger partial charge in [-0.2, -0.15) is 0 Å². The van der Waals surface area contributed by atoms with Crippen LogP contribution in [0.5, 0.6) is 0 Å². The van der Waals surface area contributed by atoms with E-state index in [1.807, 2.05) is 0 Å². The SMILES string of the molecule is CC(NC(=O)C(C)(C)C)C(=O)Nc1cccc(NC(=O)C2CC2)c1. The molecule has 0 aliphatic heterocycles. The lowest BCUT2D eigenvalue weighted by molar-refractivity contribution is -0.131. The molecular formula is C18H25N3O3. The second-order valence-electron chi connectivity index (χ2n) is 7.28. The fourth-order valence-corrected chi connectivity index (χ4v) is 1.99. The highest BCUT2D eigenvalue weighted by molar-refractivity contribution is 5.99. The largest absolute Gasteiger partial charge is 0.344 e. The van der Waals surface area contributed by atoms with Crippen molar-refractivity contribution in [3.05, 3.63) is 24.3 Å². The smallest absolute Gasteiger partial charge is 0.246 e. The summed E-state index contributed by atoms with van der Waals surface area (Å²) in [5, 5.41) is 8.28. The Kier molecular flexibility index (Phi) is 5.26. The lowest BCUT2D eigenvalue weighted by Gasteiger charge is -2.21. The van der Waals surface area contributed by atoms with Crippen molar-refractivity contribution in [1.29, 1.82) is 0 Å². The molecule has 3 N–H and O–H groups in total. The van der Waals surface area contributed by atoms with Crippen molar-refractivity contribution in [3.8, 4) is 0 Å². The zero-order chi connectivity index (χ0) is 17.9. The molecule has 1 unspecified atom stereocenters. The number of amides is 3. The Morgan fingerprint density at radius 3 is 2.21 bits per heavy atom. The van der Waals surface area contributed by atoms with E-state index in [2.05, 4.69) is 16.0 Å². The molecule has 6 heteroatoms. The van der Waals surface area contributed by atoms with Crippen LogP contribution in [0.15, 0.2) is 24.3 Å². The van der Waals surface area contributed by atoms with Crippen molar-refractivity contribution in [2.75, 3.05) is 10.6 Å². The van der Waals surface area contributed by atoms with Gasteiger partial charge in [0.25, 0.3) is 0 Å². The van der Waals surface area contributed by atoms with Crippen LogP contribution in [0.1, 0.15) is 40.5 Å². The Morgan fingerprint density at radius 1 is 1.08 bits per heavy atom. The first-order chi connectivity index (χ1) is 11.2. The number of anilines is 2. The number of carbonyl (C=O) groups excluding carboxylic acids is 3. The van der Waals surface area contributed by atoms with Crippen LogP contribution in [-0.2, 0) is 14.4 Å². The molecule has 0 radical (unpaired) electrons. The van der Waals surface area contributed by atoms with Crippen LogP contribution in [0.3, 0.4) is 0 Å². The Balaban J connectivity index is 1.93. The first-order valence-electron chi connectivity index (χ1n) is 8.19. The lowest BCUT2D eigenvalue weighted by Crippen LogP contribution is -2.46. The molecule has 0 aromatic heterocycles. The molecule has 1 aromatic rings. The molecule has 0 heterocycles. The second kappa shape index (κ2) is 7.03. The Labute approximate surface area is 142 Å². The van der Waals surface area contributed by atoms with Gasteiger partial charge < -0.3 is 16.0 Å². The van der Waals surface area contributed by atoms with Gasteiger partial charge in [0.1, 0.15) is 6.04 Å². The van der Waals surface area contributed by atoms with E-state index in [-0.39, 0.29) is 23.6 Å². The van der Waals surface area contributed by atoms with Crippen molar-refractivity contribution < 1.29 is 14.4 Å². The zero-order valence-electron chi connectivity index (χ0n) is 14.6. The van der Waals surface area contributed by atoms with Gasteiger partial charge in [0.05, 0.1) is 0 Å². The second-order valence-corrected chi connectivity index (χ2v) is 7.28. The minimum Gasteiger partial charge on any atom is -0.344 e.